The number of amides is 1. The van der Waals surface area contributed by atoms with Crippen LogP contribution < -0.4 is 5.32 Å². The highest BCUT2D eigenvalue weighted by Gasteiger charge is 2.15. The summed E-state index contributed by atoms with van der Waals surface area (Å²) in [7, 11) is 1.31. The first kappa shape index (κ1) is 18.7. The maximum atomic E-state index is 11.5. The second-order valence-electron chi connectivity index (χ2n) is 5.64. The van der Waals surface area contributed by atoms with Crippen molar-refractivity contribution in [3.8, 4) is 5.69 Å². The van der Waals surface area contributed by atoms with Crippen molar-refractivity contribution in [1.82, 2.24) is 14.8 Å². The molecule has 0 atom stereocenters. The Morgan fingerprint density at radius 2 is 2.07 bits per heavy atom. The summed E-state index contributed by atoms with van der Waals surface area (Å²) >= 11 is 1.42. The van der Waals surface area contributed by atoms with Crippen molar-refractivity contribution in [2.75, 3.05) is 12.4 Å². The van der Waals surface area contributed by atoms with Crippen molar-refractivity contribution in [2.24, 2.45) is 0 Å². The van der Waals surface area contributed by atoms with E-state index in [1.807, 2.05) is 35.8 Å². The number of thioether (sulfide) groups is 1. The van der Waals surface area contributed by atoms with Crippen LogP contribution >= 0.6 is 11.8 Å². The molecule has 2 heterocycles. The Kier molecular flexibility index (Phi) is 5.60. The molecule has 0 spiro atoms. The van der Waals surface area contributed by atoms with Gasteiger partial charge in [0.05, 0.1) is 18.6 Å². The van der Waals surface area contributed by atoms with Crippen molar-refractivity contribution >= 4 is 29.3 Å². The van der Waals surface area contributed by atoms with Gasteiger partial charge in [-0.05, 0) is 37.3 Å². The van der Waals surface area contributed by atoms with E-state index in [1.54, 1.807) is 12.1 Å². The summed E-state index contributed by atoms with van der Waals surface area (Å²) < 4.78 is 12.0. The fraction of sp³-hybridized carbons (Fsp3) is 0.222. The standard InChI is InChI=1S/C18H18N4O4S/c1-11-20-21-18(27-10-15-7-8-16(26-15)17(24)25-3)22(11)14-6-4-5-13(9-14)19-12(2)23/h4-9H,10H2,1-3H3,(H,19,23). The highest BCUT2D eigenvalue weighted by atomic mass is 32.2. The number of esters is 1. The van der Waals surface area contributed by atoms with Crippen LogP contribution in [0.15, 0.2) is 46.0 Å². The first-order valence-electron chi connectivity index (χ1n) is 8.08. The zero-order valence-electron chi connectivity index (χ0n) is 15.1. The van der Waals surface area contributed by atoms with E-state index in [2.05, 4.69) is 20.3 Å². The first-order chi connectivity index (χ1) is 13.0. The quantitative estimate of drug-likeness (QED) is 0.513. The molecule has 3 aromatic rings. The first-order valence-corrected chi connectivity index (χ1v) is 9.06. The van der Waals surface area contributed by atoms with E-state index < -0.39 is 5.97 Å². The van der Waals surface area contributed by atoms with Gasteiger partial charge in [-0.2, -0.15) is 0 Å². The van der Waals surface area contributed by atoms with Crippen LogP contribution in [0.2, 0.25) is 0 Å². The van der Waals surface area contributed by atoms with Crippen LogP contribution in [0.1, 0.15) is 29.1 Å². The van der Waals surface area contributed by atoms with Gasteiger partial charge < -0.3 is 14.5 Å². The molecule has 0 bridgehead atoms. The molecule has 3 rings (SSSR count). The number of ether oxygens (including phenoxy) is 1. The molecule has 8 nitrogen and oxygen atoms in total. The summed E-state index contributed by atoms with van der Waals surface area (Å²) in [4.78, 5) is 22.8. The molecule has 9 heteroatoms. The van der Waals surface area contributed by atoms with Crippen molar-refractivity contribution in [3.63, 3.8) is 0 Å². The fourth-order valence-corrected chi connectivity index (χ4v) is 3.35. The Labute approximate surface area is 159 Å². The number of rotatable bonds is 6. The third-order valence-electron chi connectivity index (χ3n) is 3.61. The van der Waals surface area contributed by atoms with E-state index in [-0.39, 0.29) is 11.7 Å². The van der Waals surface area contributed by atoms with Crippen LogP contribution in [-0.4, -0.2) is 33.8 Å². The number of benzene rings is 1. The van der Waals surface area contributed by atoms with Gasteiger partial charge in [0.1, 0.15) is 11.6 Å². The molecule has 0 aliphatic carbocycles. The minimum atomic E-state index is -0.514. The fourth-order valence-electron chi connectivity index (χ4n) is 2.46. The molecule has 0 unspecified atom stereocenters. The van der Waals surface area contributed by atoms with E-state index in [1.165, 1.54) is 25.8 Å². The lowest BCUT2D eigenvalue weighted by Crippen LogP contribution is -2.07. The zero-order chi connectivity index (χ0) is 19.4. The molecule has 27 heavy (non-hydrogen) atoms. The third kappa shape index (κ3) is 4.37. The van der Waals surface area contributed by atoms with Gasteiger partial charge in [0, 0.05) is 12.6 Å². The maximum absolute atomic E-state index is 11.5. The van der Waals surface area contributed by atoms with E-state index in [0.29, 0.717) is 28.2 Å². The zero-order valence-corrected chi connectivity index (χ0v) is 15.9. The molecule has 0 saturated carbocycles. The lowest BCUT2D eigenvalue weighted by Gasteiger charge is -2.10. The molecule has 0 fully saturated rings. The second-order valence-corrected chi connectivity index (χ2v) is 6.59. The number of aryl methyl sites for hydroxylation is 1. The molecule has 2 aromatic heterocycles. The Morgan fingerprint density at radius 1 is 1.26 bits per heavy atom. The molecule has 1 aromatic carbocycles. The molecular formula is C18H18N4O4S. The number of hydrogen-bond acceptors (Lipinski definition) is 7. The minimum Gasteiger partial charge on any atom is -0.463 e. The highest BCUT2D eigenvalue weighted by Crippen LogP contribution is 2.27. The number of aromatic nitrogens is 3. The summed E-state index contributed by atoms with van der Waals surface area (Å²) in [5.41, 5.74) is 1.53. The van der Waals surface area contributed by atoms with Gasteiger partial charge in [-0.1, -0.05) is 17.8 Å². The number of anilines is 1. The van der Waals surface area contributed by atoms with Gasteiger partial charge in [-0.15, -0.1) is 10.2 Å². The third-order valence-corrected chi connectivity index (χ3v) is 4.56. The van der Waals surface area contributed by atoms with Crippen molar-refractivity contribution in [2.45, 2.75) is 24.8 Å². The Bertz CT molecular complexity index is 979. The van der Waals surface area contributed by atoms with Gasteiger partial charge in [-0.3, -0.25) is 9.36 Å². The molecule has 0 saturated heterocycles. The summed E-state index contributed by atoms with van der Waals surface area (Å²) in [6.45, 7) is 3.31. The number of methoxy groups -OCH3 is 1. The molecule has 140 valence electrons. The minimum absolute atomic E-state index is 0.138. The molecule has 0 aliphatic rings. The van der Waals surface area contributed by atoms with Gasteiger partial charge >= 0.3 is 5.97 Å². The summed E-state index contributed by atoms with van der Waals surface area (Å²) in [5.74, 6) is 1.32. The highest BCUT2D eigenvalue weighted by molar-refractivity contribution is 7.98. The van der Waals surface area contributed by atoms with Gasteiger partial charge in [-0.25, -0.2) is 4.79 Å². The Hall–Kier alpha value is -3.07. The molecule has 0 radical (unpaired) electrons. The number of furan rings is 1. The van der Waals surface area contributed by atoms with Crippen LogP contribution in [0.25, 0.3) is 5.69 Å². The SMILES string of the molecule is COC(=O)c1ccc(CSc2nnc(C)n2-c2cccc(NC(C)=O)c2)o1. The monoisotopic (exact) mass is 386 g/mol. The topological polar surface area (TPSA) is 99.2 Å². The average Bonchev–Trinajstić information content (AvgIpc) is 3.25. The summed E-state index contributed by atoms with van der Waals surface area (Å²) in [6, 6.07) is 10.7. The maximum Gasteiger partial charge on any atom is 0.373 e. The number of nitrogens with one attached hydrogen (secondary N) is 1. The molecular weight excluding hydrogens is 368 g/mol. The van der Waals surface area contributed by atoms with E-state index in [0.717, 1.165) is 5.69 Å². The molecule has 1 N–H and O–H groups in total. The van der Waals surface area contributed by atoms with Crippen molar-refractivity contribution in [3.05, 3.63) is 53.7 Å². The summed E-state index contributed by atoms with van der Waals surface area (Å²) in [5, 5.41) is 11.8. The van der Waals surface area contributed by atoms with Crippen LogP contribution in [0.5, 0.6) is 0 Å². The van der Waals surface area contributed by atoms with Crippen LogP contribution in [0.4, 0.5) is 5.69 Å². The number of carbonyl (C=O) groups excluding carboxylic acids is 2. The van der Waals surface area contributed by atoms with Gasteiger partial charge in [0.2, 0.25) is 11.7 Å². The number of hydrogen-bond donors (Lipinski definition) is 1. The normalized spacial score (nSPS) is 10.6. The lowest BCUT2D eigenvalue weighted by molar-refractivity contribution is -0.114. The largest absolute Gasteiger partial charge is 0.463 e. The lowest BCUT2D eigenvalue weighted by atomic mass is 10.2. The van der Waals surface area contributed by atoms with Crippen molar-refractivity contribution < 1.29 is 18.7 Å². The number of carbonyl (C=O) groups is 2. The predicted molar refractivity (Wildman–Crippen MR) is 100 cm³/mol. The van der Waals surface area contributed by atoms with Gasteiger partial charge in [0.15, 0.2) is 5.16 Å². The van der Waals surface area contributed by atoms with E-state index in [4.69, 9.17) is 4.42 Å². The van der Waals surface area contributed by atoms with Crippen LogP contribution in [0, 0.1) is 6.92 Å². The smallest absolute Gasteiger partial charge is 0.373 e. The second kappa shape index (κ2) is 8.09. The predicted octanol–water partition coefficient (Wildman–Crippen LogP) is 3.21. The Morgan fingerprint density at radius 3 is 2.81 bits per heavy atom. The molecule has 1 amide bonds. The number of nitrogens with zero attached hydrogens (tertiary/aromatic N) is 3. The van der Waals surface area contributed by atoms with Crippen LogP contribution in [0.3, 0.4) is 0 Å². The van der Waals surface area contributed by atoms with Gasteiger partial charge in [0.25, 0.3) is 0 Å². The molecule has 0 aliphatic heterocycles. The Balaban J connectivity index is 1.80. The summed E-state index contributed by atoms with van der Waals surface area (Å²) in [6.07, 6.45) is 0. The van der Waals surface area contributed by atoms with E-state index in [9.17, 15) is 9.59 Å². The average molecular weight is 386 g/mol. The van der Waals surface area contributed by atoms with Crippen LogP contribution in [-0.2, 0) is 15.3 Å². The van der Waals surface area contributed by atoms with Crippen molar-refractivity contribution in [1.29, 1.82) is 0 Å². The van der Waals surface area contributed by atoms with E-state index >= 15 is 0 Å².